The maximum Gasteiger partial charge on any atom is 0.420 e. The van der Waals surface area contributed by atoms with Crippen molar-refractivity contribution in [2.75, 3.05) is 0 Å². The summed E-state index contributed by atoms with van der Waals surface area (Å²) in [5.41, 5.74) is -1.24. The minimum absolute atomic E-state index is 0.0121. The van der Waals surface area contributed by atoms with Gasteiger partial charge in [0.25, 0.3) is 0 Å². The Labute approximate surface area is 179 Å². The van der Waals surface area contributed by atoms with E-state index in [1.807, 2.05) is 0 Å². The number of carboxylic acids is 1. The van der Waals surface area contributed by atoms with Crippen LogP contribution in [0.2, 0.25) is 0 Å². The maximum atomic E-state index is 14.2. The number of aliphatic carboxylic acids is 1. The summed E-state index contributed by atoms with van der Waals surface area (Å²) in [7, 11) is 0. The molecule has 0 aliphatic carbocycles. The monoisotopic (exact) mass is 428 g/mol. The normalized spacial score (nSPS) is 13.5. The Kier molecular flexibility index (Phi) is 6.39. The maximum absolute atomic E-state index is 14.2. The lowest BCUT2D eigenvalue weighted by atomic mass is 9.76. The van der Waals surface area contributed by atoms with Crippen LogP contribution in [0.1, 0.15) is 37.0 Å². The first-order valence-corrected chi connectivity index (χ1v) is 9.88. The fourth-order valence-electron chi connectivity index (χ4n) is 3.45. The van der Waals surface area contributed by atoms with Gasteiger partial charge in [-0.15, -0.1) is 0 Å². The average Bonchev–Trinajstić information content (AvgIpc) is 2.77. The Hall–Kier alpha value is -3.28. The van der Waals surface area contributed by atoms with E-state index in [1.165, 1.54) is 19.1 Å². The van der Waals surface area contributed by atoms with Crippen molar-refractivity contribution in [1.82, 2.24) is 0 Å². The topological polar surface area (TPSA) is 46.5 Å². The predicted octanol–water partition coefficient (Wildman–Crippen LogP) is 6.70. The highest BCUT2D eigenvalue weighted by molar-refractivity contribution is 5.83. The van der Waals surface area contributed by atoms with E-state index in [0.717, 1.165) is 0 Å². The van der Waals surface area contributed by atoms with Crippen molar-refractivity contribution in [2.45, 2.75) is 38.5 Å². The van der Waals surface area contributed by atoms with E-state index in [0.29, 0.717) is 16.7 Å². The highest BCUT2D eigenvalue weighted by atomic mass is 19.4. The van der Waals surface area contributed by atoms with Gasteiger partial charge in [0.15, 0.2) is 0 Å². The molecule has 3 aromatic carbocycles. The van der Waals surface area contributed by atoms with Crippen LogP contribution in [0.25, 0.3) is 11.1 Å². The minimum atomic E-state index is -4.79. The van der Waals surface area contributed by atoms with E-state index in [9.17, 15) is 23.1 Å². The standard InChI is InChI=1S/C25H23F3O3/c1-3-24(2,23(29)30)20-14-19(18-12-8-5-9-13-18)15-21(22(20)25(26,27)28)31-16-17-10-6-4-7-11-17/h4-15H,3,16H2,1-2H3,(H,29,30). The van der Waals surface area contributed by atoms with Gasteiger partial charge in [0, 0.05) is 0 Å². The molecule has 31 heavy (non-hydrogen) atoms. The van der Waals surface area contributed by atoms with Gasteiger partial charge in [-0.25, -0.2) is 0 Å². The van der Waals surface area contributed by atoms with Gasteiger partial charge >= 0.3 is 12.1 Å². The van der Waals surface area contributed by atoms with Gasteiger partial charge in [-0.2, -0.15) is 13.2 Å². The van der Waals surface area contributed by atoms with Gasteiger partial charge in [-0.05, 0) is 47.7 Å². The van der Waals surface area contributed by atoms with Crippen LogP contribution in [0.3, 0.4) is 0 Å². The van der Waals surface area contributed by atoms with Crippen molar-refractivity contribution in [1.29, 1.82) is 0 Å². The van der Waals surface area contributed by atoms with Crippen molar-refractivity contribution < 1.29 is 27.8 Å². The molecule has 0 heterocycles. The van der Waals surface area contributed by atoms with E-state index >= 15 is 0 Å². The number of alkyl halides is 3. The van der Waals surface area contributed by atoms with Crippen LogP contribution in [0.15, 0.2) is 72.8 Å². The van der Waals surface area contributed by atoms with Crippen LogP contribution >= 0.6 is 0 Å². The minimum Gasteiger partial charge on any atom is -0.488 e. The molecule has 0 saturated heterocycles. The molecule has 0 aliphatic rings. The number of carboxylic acid groups (broad SMARTS) is 1. The summed E-state index contributed by atoms with van der Waals surface area (Å²) in [5.74, 6) is -1.70. The molecule has 6 heteroatoms. The average molecular weight is 428 g/mol. The summed E-state index contributed by atoms with van der Waals surface area (Å²) in [6, 6.07) is 20.4. The molecule has 0 spiro atoms. The number of hydrogen-bond donors (Lipinski definition) is 1. The Morgan fingerprint density at radius 1 is 0.935 bits per heavy atom. The zero-order valence-electron chi connectivity index (χ0n) is 17.2. The molecular formula is C25H23F3O3. The van der Waals surface area contributed by atoms with Crippen molar-refractivity contribution in [3.8, 4) is 16.9 Å². The number of hydrogen-bond acceptors (Lipinski definition) is 2. The first-order valence-electron chi connectivity index (χ1n) is 9.88. The van der Waals surface area contributed by atoms with E-state index in [-0.39, 0.29) is 24.3 Å². The molecule has 3 nitrogen and oxygen atoms in total. The second kappa shape index (κ2) is 8.84. The van der Waals surface area contributed by atoms with Crippen LogP contribution in [0.4, 0.5) is 13.2 Å². The van der Waals surface area contributed by atoms with Crippen LogP contribution in [-0.2, 0) is 23.0 Å². The summed E-state index contributed by atoms with van der Waals surface area (Å²) in [5, 5.41) is 9.83. The quantitative estimate of drug-likeness (QED) is 0.455. The first kappa shape index (κ1) is 22.4. The number of ether oxygens (including phenoxy) is 1. The van der Waals surface area contributed by atoms with Crippen molar-refractivity contribution in [3.63, 3.8) is 0 Å². The third kappa shape index (κ3) is 4.74. The third-order valence-electron chi connectivity index (χ3n) is 5.50. The highest BCUT2D eigenvalue weighted by Gasteiger charge is 2.45. The smallest absolute Gasteiger partial charge is 0.420 e. The van der Waals surface area contributed by atoms with Gasteiger partial charge in [0.2, 0.25) is 0 Å². The highest BCUT2D eigenvalue weighted by Crippen LogP contribution is 2.46. The summed E-state index contributed by atoms with van der Waals surface area (Å²) in [6.45, 7) is 2.81. The van der Waals surface area contributed by atoms with Gasteiger partial charge in [0.05, 0.1) is 5.41 Å². The molecule has 0 saturated carbocycles. The fourth-order valence-corrected chi connectivity index (χ4v) is 3.45. The Bertz CT molecular complexity index is 1050. The largest absolute Gasteiger partial charge is 0.488 e. The summed E-state index contributed by atoms with van der Waals surface area (Å²) < 4.78 is 48.3. The van der Waals surface area contributed by atoms with E-state index in [1.54, 1.807) is 67.6 Å². The molecular weight excluding hydrogens is 405 g/mol. The lowest BCUT2D eigenvalue weighted by molar-refractivity contribution is -0.146. The summed E-state index contributed by atoms with van der Waals surface area (Å²) in [6.07, 6.45) is -4.80. The molecule has 1 atom stereocenters. The summed E-state index contributed by atoms with van der Waals surface area (Å²) >= 11 is 0. The number of carbonyl (C=O) groups is 1. The fraction of sp³-hybridized carbons (Fsp3) is 0.240. The lowest BCUT2D eigenvalue weighted by Crippen LogP contribution is -2.34. The lowest BCUT2D eigenvalue weighted by Gasteiger charge is -2.29. The zero-order chi connectivity index (χ0) is 22.6. The Morgan fingerprint density at radius 3 is 2.03 bits per heavy atom. The van der Waals surface area contributed by atoms with Crippen molar-refractivity contribution in [2.24, 2.45) is 0 Å². The zero-order valence-corrected chi connectivity index (χ0v) is 17.2. The third-order valence-corrected chi connectivity index (χ3v) is 5.50. The van der Waals surface area contributed by atoms with Crippen LogP contribution in [-0.4, -0.2) is 11.1 Å². The van der Waals surface area contributed by atoms with Crippen LogP contribution in [0, 0.1) is 0 Å². The molecule has 0 radical (unpaired) electrons. The second-order valence-corrected chi connectivity index (χ2v) is 7.53. The molecule has 0 amide bonds. The predicted molar refractivity (Wildman–Crippen MR) is 113 cm³/mol. The molecule has 1 N–H and O–H groups in total. The van der Waals surface area contributed by atoms with E-state index in [4.69, 9.17) is 4.74 Å². The molecule has 1 unspecified atom stereocenters. The molecule has 0 fully saturated rings. The van der Waals surface area contributed by atoms with Gasteiger partial charge in [-0.3, -0.25) is 4.79 Å². The first-order chi connectivity index (χ1) is 14.7. The molecule has 3 rings (SSSR count). The molecule has 0 bridgehead atoms. The van der Waals surface area contributed by atoms with Crippen LogP contribution in [0.5, 0.6) is 5.75 Å². The Morgan fingerprint density at radius 2 is 1.52 bits per heavy atom. The Balaban J connectivity index is 2.25. The van der Waals surface area contributed by atoms with Crippen molar-refractivity contribution in [3.05, 3.63) is 89.5 Å². The van der Waals surface area contributed by atoms with Crippen LogP contribution < -0.4 is 4.74 Å². The van der Waals surface area contributed by atoms with Gasteiger partial charge in [-0.1, -0.05) is 67.6 Å². The SMILES string of the molecule is CCC(C)(C(=O)O)c1cc(-c2ccccc2)cc(OCc2ccccc2)c1C(F)(F)F. The van der Waals surface area contributed by atoms with Gasteiger partial charge < -0.3 is 9.84 Å². The van der Waals surface area contributed by atoms with Gasteiger partial charge in [0.1, 0.15) is 17.9 Å². The number of benzene rings is 3. The molecule has 0 aromatic heterocycles. The summed E-state index contributed by atoms with van der Waals surface area (Å²) in [4.78, 5) is 12.1. The molecule has 0 aliphatic heterocycles. The number of halogens is 3. The molecule has 162 valence electrons. The molecule has 3 aromatic rings. The van der Waals surface area contributed by atoms with E-state index in [2.05, 4.69) is 0 Å². The van der Waals surface area contributed by atoms with Crippen molar-refractivity contribution >= 4 is 5.97 Å². The second-order valence-electron chi connectivity index (χ2n) is 7.53. The van der Waals surface area contributed by atoms with E-state index < -0.39 is 23.1 Å². The number of rotatable bonds is 7.